The van der Waals surface area contributed by atoms with Crippen molar-refractivity contribution in [3.63, 3.8) is 0 Å². The summed E-state index contributed by atoms with van der Waals surface area (Å²) in [5, 5.41) is 8.54. The van der Waals surface area contributed by atoms with Crippen LogP contribution in [-0.2, 0) is 4.79 Å². The van der Waals surface area contributed by atoms with Crippen molar-refractivity contribution >= 4 is 5.97 Å². The van der Waals surface area contributed by atoms with Crippen LogP contribution in [0.5, 0.6) is 0 Å². The van der Waals surface area contributed by atoms with Crippen LogP contribution in [-0.4, -0.2) is 11.1 Å². The number of aliphatic carboxylic acids is 1. The Kier molecular flexibility index (Phi) is 3.54. The predicted molar refractivity (Wildman–Crippen MR) is 39.4 cm³/mol. The molecule has 3 nitrogen and oxygen atoms in total. The molecule has 0 aliphatic carbocycles. The van der Waals surface area contributed by atoms with E-state index >= 15 is 0 Å². The van der Waals surface area contributed by atoms with Crippen LogP contribution in [0.25, 0.3) is 0 Å². The number of hydrogen-bond acceptors (Lipinski definition) is 2. The highest BCUT2D eigenvalue weighted by molar-refractivity contribution is 5.87. The standard InChI is InChI=1S/C7H13NO2/c1-3-4-6(5(2)8)7(9)10/h3-4,8H2,1-2H3,(H,9,10)/b6-5-. The highest BCUT2D eigenvalue weighted by Crippen LogP contribution is 2.06. The molecule has 0 atom stereocenters. The normalized spacial score (nSPS) is 12.6. The van der Waals surface area contributed by atoms with Crippen molar-refractivity contribution in [3.05, 3.63) is 11.3 Å². The molecule has 0 saturated heterocycles. The van der Waals surface area contributed by atoms with Crippen LogP contribution in [0.1, 0.15) is 26.7 Å². The fourth-order valence-electron chi connectivity index (χ4n) is 0.723. The minimum atomic E-state index is -0.901. The maximum absolute atomic E-state index is 10.4. The summed E-state index contributed by atoms with van der Waals surface area (Å²) in [7, 11) is 0. The summed E-state index contributed by atoms with van der Waals surface area (Å²) in [5.74, 6) is -0.901. The smallest absolute Gasteiger partial charge is 0.333 e. The Bertz CT molecular complexity index is 157. The molecule has 0 heterocycles. The molecule has 3 heteroatoms. The molecule has 0 amide bonds. The molecule has 0 unspecified atom stereocenters. The molecule has 0 saturated carbocycles. The second-order valence-electron chi connectivity index (χ2n) is 2.22. The van der Waals surface area contributed by atoms with Gasteiger partial charge in [-0.15, -0.1) is 0 Å². The average molecular weight is 143 g/mol. The van der Waals surface area contributed by atoms with E-state index in [1.54, 1.807) is 6.92 Å². The first kappa shape index (κ1) is 9.01. The molecule has 3 N–H and O–H groups in total. The van der Waals surface area contributed by atoms with Crippen LogP contribution in [0, 0.1) is 0 Å². The van der Waals surface area contributed by atoms with Crippen molar-refractivity contribution < 1.29 is 9.90 Å². The molecule has 0 bridgehead atoms. The van der Waals surface area contributed by atoms with Gasteiger partial charge in [0.05, 0.1) is 5.57 Å². The lowest BCUT2D eigenvalue weighted by molar-refractivity contribution is -0.132. The van der Waals surface area contributed by atoms with Gasteiger partial charge in [-0.3, -0.25) is 0 Å². The number of allylic oxidation sites excluding steroid dienone is 1. The Labute approximate surface area is 60.5 Å². The van der Waals surface area contributed by atoms with Crippen LogP contribution < -0.4 is 5.73 Å². The molecule has 0 rings (SSSR count). The van der Waals surface area contributed by atoms with Crippen LogP contribution in [0.2, 0.25) is 0 Å². The number of hydrogen-bond donors (Lipinski definition) is 2. The molecule has 0 aliphatic rings. The van der Waals surface area contributed by atoms with Crippen LogP contribution in [0.4, 0.5) is 0 Å². The molecule has 58 valence electrons. The number of rotatable bonds is 3. The second kappa shape index (κ2) is 3.93. The van der Waals surface area contributed by atoms with E-state index in [9.17, 15) is 4.79 Å². The highest BCUT2D eigenvalue weighted by Gasteiger charge is 2.07. The van der Waals surface area contributed by atoms with Crippen molar-refractivity contribution in [2.45, 2.75) is 26.7 Å². The largest absolute Gasteiger partial charge is 0.478 e. The third-order valence-corrected chi connectivity index (χ3v) is 1.23. The lowest BCUT2D eigenvalue weighted by Gasteiger charge is -2.00. The highest BCUT2D eigenvalue weighted by atomic mass is 16.4. The van der Waals surface area contributed by atoms with Gasteiger partial charge in [-0.1, -0.05) is 13.3 Å². The van der Waals surface area contributed by atoms with Gasteiger partial charge < -0.3 is 10.8 Å². The molecule has 10 heavy (non-hydrogen) atoms. The first-order chi connectivity index (χ1) is 4.59. The molecule has 0 fully saturated rings. The molecule has 0 radical (unpaired) electrons. The van der Waals surface area contributed by atoms with Gasteiger partial charge in [0.15, 0.2) is 0 Å². The van der Waals surface area contributed by atoms with E-state index < -0.39 is 5.97 Å². The van der Waals surface area contributed by atoms with Gasteiger partial charge in [0, 0.05) is 5.70 Å². The Balaban J connectivity index is 4.28. The molecule has 0 spiro atoms. The Morgan fingerprint density at radius 3 is 2.20 bits per heavy atom. The minimum absolute atomic E-state index is 0.336. The molecule has 0 aromatic heterocycles. The first-order valence-corrected chi connectivity index (χ1v) is 3.28. The van der Waals surface area contributed by atoms with E-state index in [4.69, 9.17) is 10.8 Å². The van der Waals surface area contributed by atoms with Crippen molar-refractivity contribution in [2.75, 3.05) is 0 Å². The van der Waals surface area contributed by atoms with Crippen molar-refractivity contribution in [1.29, 1.82) is 0 Å². The summed E-state index contributed by atoms with van der Waals surface area (Å²) < 4.78 is 0. The summed E-state index contributed by atoms with van der Waals surface area (Å²) in [4.78, 5) is 10.4. The third-order valence-electron chi connectivity index (χ3n) is 1.23. The van der Waals surface area contributed by atoms with Gasteiger partial charge in [0.1, 0.15) is 0 Å². The molecule has 0 aromatic rings. The molecular formula is C7H13NO2. The molecule has 0 aliphatic heterocycles. The maximum Gasteiger partial charge on any atom is 0.333 e. The van der Waals surface area contributed by atoms with Crippen molar-refractivity contribution in [3.8, 4) is 0 Å². The van der Waals surface area contributed by atoms with Gasteiger partial charge >= 0.3 is 5.97 Å². The first-order valence-electron chi connectivity index (χ1n) is 3.28. The second-order valence-corrected chi connectivity index (χ2v) is 2.22. The average Bonchev–Trinajstić information content (AvgIpc) is 1.81. The Hall–Kier alpha value is -0.990. The van der Waals surface area contributed by atoms with E-state index in [2.05, 4.69) is 0 Å². The quantitative estimate of drug-likeness (QED) is 0.581. The third kappa shape index (κ3) is 2.53. The zero-order chi connectivity index (χ0) is 8.15. The number of carboxylic acid groups (broad SMARTS) is 1. The van der Waals surface area contributed by atoms with Crippen LogP contribution in [0.15, 0.2) is 11.3 Å². The zero-order valence-electron chi connectivity index (χ0n) is 6.35. The summed E-state index contributed by atoms with van der Waals surface area (Å²) in [6, 6.07) is 0. The van der Waals surface area contributed by atoms with Gasteiger partial charge in [0.25, 0.3) is 0 Å². The van der Waals surface area contributed by atoms with Gasteiger partial charge in [-0.25, -0.2) is 4.79 Å². The van der Waals surface area contributed by atoms with Gasteiger partial charge in [0.2, 0.25) is 0 Å². The van der Waals surface area contributed by atoms with E-state index in [-0.39, 0.29) is 0 Å². The fourth-order valence-corrected chi connectivity index (χ4v) is 0.723. The van der Waals surface area contributed by atoms with E-state index in [1.165, 1.54) is 0 Å². The lowest BCUT2D eigenvalue weighted by atomic mass is 10.1. The predicted octanol–water partition coefficient (Wildman–Crippen LogP) is 1.10. The van der Waals surface area contributed by atoms with E-state index in [0.717, 1.165) is 6.42 Å². The summed E-state index contributed by atoms with van der Waals surface area (Å²) in [6.07, 6.45) is 1.37. The van der Waals surface area contributed by atoms with Gasteiger partial charge in [-0.05, 0) is 13.3 Å². The Morgan fingerprint density at radius 1 is 1.60 bits per heavy atom. The van der Waals surface area contributed by atoms with E-state index in [1.807, 2.05) is 6.92 Å². The fraction of sp³-hybridized carbons (Fsp3) is 0.571. The topological polar surface area (TPSA) is 63.3 Å². The van der Waals surface area contributed by atoms with Gasteiger partial charge in [-0.2, -0.15) is 0 Å². The summed E-state index contributed by atoms with van der Waals surface area (Å²) in [5.41, 5.74) is 6.07. The zero-order valence-corrected chi connectivity index (χ0v) is 6.35. The van der Waals surface area contributed by atoms with Crippen molar-refractivity contribution in [1.82, 2.24) is 0 Å². The SMILES string of the molecule is CCC/C(C(=O)O)=C(\C)N. The Morgan fingerprint density at radius 2 is 2.10 bits per heavy atom. The lowest BCUT2D eigenvalue weighted by Crippen LogP contribution is -2.07. The monoisotopic (exact) mass is 143 g/mol. The molecular weight excluding hydrogens is 130 g/mol. The number of nitrogens with two attached hydrogens (primary N) is 1. The molecule has 0 aromatic carbocycles. The maximum atomic E-state index is 10.4. The summed E-state index contributed by atoms with van der Waals surface area (Å²) in [6.45, 7) is 3.53. The van der Waals surface area contributed by atoms with Crippen LogP contribution in [0.3, 0.4) is 0 Å². The van der Waals surface area contributed by atoms with E-state index in [0.29, 0.717) is 17.7 Å². The summed E-state index contributed by atoms with van der Waals surface area (Å²) >= 11 is 0. The van der Waals surface area contributed by atoms with Crippen LogP contribution >= 0.6 is 0 Å². The number of carbonyl (C=O) groups is 1. The number of carboxylic acids is 1. The minimum Gasteiger partial charge on any atom is -0.478 e. The van der Waals surface area contributed by atoms with Crippen molar-refractivity contribution in [2.24, 2.45) is 5.73 Å².